The predicted molar refractivity (Wildman–Crippen MR) is 238 cm³/mol. The van der Waals surface area contributed by atoms with E-state index in [0.717, 1.165) is 103 Å². The van der Waals surface area contributed by atoms with E-state index in [1.807, 2.05) is 0 Å². The molecule has 0 spiro atoms. The first kappa shape index (κ1) is 52.9. The lowest BCUT2D eigenvalue weighted by Gasteiger charge is -2.18. The summed E-state index contributed by atoms with van der Waals surface area (Å²) in [4.78, 5) is 37.6. The summed E-state index contributed by atoms with van der Waals surface area (Å²) >= 11 is 0. The van der Waals surface area contributed by atoms with Crippen LogP contribution in [0.25, 0.3) is 0 Å². The molecule has 0 N–H and O–H groups in total. The molecule has 56 heavy (non-hydrogen) atoms. The van der Waals surface area contributed by atoms with Gasteiger partial charge < -0.3 is 14.2 Å². The van der Waals surface area contributed by atoms with Crippen LogP contribution in [0, 0.1) is 0 Å². The van der Waals surface area contributed by atoms with Crippen LogP contribution < -0.4 is 0 Å². The van der Waals surface area contributed by atoms with E-state index < -0.39 is 6.10 Å². The average molecular weight is 781 g/mol. The summed E-state index contributed by atoms with van der Waals surface area (Å²) in [6, 6.07) is 0. The Hall–Kier alpha value is -3.15. The lowest BCUT2D eigenvalue weighted by molar-refractivity contribution is -0.167. The van der Waals surface area contributed by atoms with Gasteiger partial charge in [0, 0.05) is 19.3 Å². The molecule has 0 radical (unpaired) electrons. The number of rotatable bonds is 40. The average Bonchev–Trinajstić information content (AvgIpc) is 3.19. The normalized spacial score (nSPS) is 12.7. The van der Waals surface area contributed by atoms with Crippen LogP contribution in [-0.4, -0.2) is 37.2 Å². The molecule has 6 heteroatoms. The van der Waals surface area contributed by atoms with Gasteiger partial charge in [-0.05, 0) is 89.9 Å². The van der Waals surface area contributed by atoms with Gasteiger partial charge in [-0.25, -0.2) is 0 Å². The summed E-state index contributed by atoms with van der Waals surface area (Å²) < 4.78 is 16.6. The second-order valence-electron chi connectivity index (χ2n) is 15.0. The zero-order valence-corrected chi connectivity index (χ0v) is 36.4. The molecule has 0 aromatic rings. The van der Waals surface area contributed by atoms with Crippen molar-refractivity contribution in [3.63, 3.8) is 0 Å². The Bertz CT molecular complexity index is 1080. The fraction of sp³-hybridized carbons (Fsp3) is 0.700. The predicted octanol–water partition coefficient (Wildman–Crippen LogP) is 14.7. The molecule has 0 fully saturated rings. The van der Waals surface area contributed by atoms with Gasteiger partial charge in [0.15, 0.2) is 6.10 Å². The largest absolute Gasteiger partial charge is 0.462 e. The third-order valence-corrected chi connectivity index (χ3v) is 9.47. The lowest BCUT2D eigenvalue weighted by Crippen LogP contribution is -2.30. The molecule has 0 bridgehead atoms. The van der Waals surface area contributed by atoms with Gasteiger partial charge in [-0.2, -0.15) is 0 Å². The van der Waals surface area contributed by atoms with E-state index in [0.29, 0.717) is 12.8 Å². The molecule has 0 aliphatic heterocycles. The van der Waals surface area contributed by atoms with Gasteiger partial charge in [0.1, 0.15) is 13.2 Å². The van der Waals surface area contributed by atoms with Crippen LogP contribution in [0.5, 0.6) is 0 Å². The van der Waals surface area contributed by atoms with Gasteiger partial charge in [-0.3, -0.25) is 14.4 Å². The number of unbranched alkanes of at least 4 members (excludes halogenated alkanes) is 19. The summed E-state index contributed by atoms with van der Waals surface area (Å²) in [5.74, 6) is -0.993. The van der Waals surface area contributed by atoms with Crippen LogP contribution in [-0.2, 0) is 28.6 Å². The molecular weight excluding hydrogens is 697 g/mol. The van der Waals surface area contributed by atoms with Crippen LogP contribution in [0.3, 0.4) is 0 Å². The number of hydrogen-bond donors (Lipinski definition) is 0. The zero-order chi connectivity index (χ0) is 40.8. The fourth-order valence-corrected chi connectivity index (χ4v) is 5.97. The standard InChI is InChI=1S/C50H84O6/c1-4-7-10-13-16-19-21-22-23-24-25-26-27-29-31-34-37-40-43-49(52)55-46-47(45-54-48(51)42-39-36-33-30-18-15-12-9-6-3)56-50(53)44-41-38-35-32-28-20-17-14-11-8-5-2/h9,12,14,17-18,20,23-26,28,30,47H,4-8,10-11,13,15-16,19,21-22,27,29,31-46H2,1-3H3/b12-9-,17-14-,24-23-,26-25-,28-20-,30-18-. The summed E-state index contributed by atoms with van der Waals surface area (Å²) in [6.07, 6.45) is 54.7. The van der Waals surface area contributed by atoms with Gasteiger partial charge in [0.25, 0.3) is 0 Å². The second kappa shape index (κ2) is 44.6. The molecular formula is C50H84O6. The van der Waals surface area contributed by atoms with Crippen LogP contribution in [0.1, 0.15) is 207 Å². The summed E-state index contributed by atoms with van der Waals surface area (Å²) in [5, 5.41) is 0. The number of esters is 3. The Balaban J connectivity index is 4.40. The summed E-state index contributed by atoms with van der Waals surface area (Å²) in [6.45, 7) is 6.36. The Morgan fingerprint density at radius 3 is 1.29 bits per heavy atom. The number of hydrogen-bond acceptors (Lipinski definition) is 6. The molecule has 6 nitrogen and oxygen atoms in total. The molecule has 0 aromatic heterocycles. The van der Waals surface area contributed by atoms with Crippen molar-refractivity contribution >= 4 is 17.9 Å². The quantitative estimate of drug-likeness (QED) is 0.0203. The molecule has 1 unspecified atom stereocenters. The van der Waals surface area contributed by atoms with Crippen molar-refractivity contribution in [2.45, 2.75) is 213 Å². The van der Waals surface area contributed by atoms with Crippen molar-refractivity contribution < 1.29 is 28.6 Å². The molecule has 0 saturated heterocycles. The highest BCUT2D eigenvalue weighted by Gasteiger charge is 2.19. The van der Waals surface area contributed by atoms with Gasteiger partial charge in [0.2, 0.25) is 0 Å². The number of allylic oxidation sites excluding steroid dienone is 12. The van der Waals surface area contributed by atoms with Crippen molar-refractivity contribution in [3.8, 4) is 0 Å². The molecule has 0 aliphatic carbocycles. The minimum Gasteiger partial charge on any atom is -0.462 e. The van der Waals surface area contributed by atoms with Crippen molar-refractivity contribution in [3.05, 3.63) is 72.9 Å². The number of carbonyl (C=O) groups excluding carboxylic acids is 3. The summed E-state index contributed by atoms with van der Waals surface area (Å²) in [7, 11) is 0. The monoisotopic (exact) mass is 781 g/mol. The van der Waals surface area contributed by atoms with Gasteiger partial charge in [-0.1, -0.05) is 171 Å². The van der Waals surface area contributed by atoms with Crippen LogP contribution >= 0.6 is 0 Å². The topological polar surface area (TPSA) is 78.9 Å². The smallest absolute Gasteiger partial charge is 0.306 e. The Labute approximate surface area is 344 Å². The van der Waals surface area contributed by atoms with Crippen molar-refractivity contribution in [2.24, 2.45) is 0 Å². The van der Waals surface area contributed by atoms with E-state index in [1.165, 1.54) is 64.2 Å². The van der Waals surface area contributed by atoms with E-state index in [9.17, 15) is 14.4 Å². The molecule has 0 saturated carbocycles. The van der Waals surface area contributed by atoms with Crippen LogP contribution in [0.15, 0.2) is 72.9 Å². The molecule has 320 valence electrons. The highest BCUT2D eigenvalue weighted by Crippen LogP contribution is 2.12. The SMILES string of the molecule is CC/C=C\C/C=C\CCCCC(=O)OCC(COC(=O)CCCCCCC/C=C\C=C/CCCCCCCCC)OC(=O)CCCCC/C=C\C=C/CCCC. The minimum atomic E-state index is -0.805. The van der Waals surface area contributed by atoms with E-state index in [1.54, 1.807) is 0 Å². The fourth-order valence-electron chi connectivity index (χ4n) is 5.97. The Morgan fingerprint density at radius 1 is 0.393 bits per heavy atom. The maximum absolute atomic E-state index is 12.7. The van der Waals surface area contributed by atoms with Crippen LogP contribution in [0.2, 0.25) is 0 Å². The highest BCUT2D eigenvalue weighted by molar-refractivity contribution is 5.71. The molecule has 0 amide bonds. The second-order valence-corrected chi connectivity index (χ2v) is 15.0. The third-order valence-electron chi connectivity index (χ3n) is 9.47. The Morgan fingerprint density at radius 2 is 0.768 bits per heavy atom. The van der Waals surface area contributed by atoms with Crippen LogP contribution in [0.4, 0.5) is 0 Å². The molecule has 0 rings (SSSR count). The molecule has 1 atom stereocenters. The van der Waals surface area contributed by atoms with E-state index in [-0.39, 0.29) is 37.5 Å². The van der Waals surface area contributed by atoms with Crippen molar-refractivity contribution in [2.75, 3.05) is 13.2 Å². The minimum absolute atomic E-state index is 0.106. The van der Waals surface area contributed by atoms with E-state index in [2.05, 4.69) is 93.7 Å². The molecule has 0 aromatic carbocycles. The molecule has 0 aliphatic rings. The summed E-state index contributed by atoms with van der Waals surface area (Å²) in [5.41, 5.74) is 0. The first-order chi connectivity index (χ1) is 27.5. The zero-order valence-electron chi connectivity index (χ0n) is 36.4. The highest BCUT2D eigenvalue weighted by atomic mass is 16.6. The molecule has 0 heterocycles. The number of ether oxygens (including phenoxy) is 3. The first-order valence-electron chi connectivity index (χ1n) is 23.0. The van der Waals surface area contributed by atoms with Gasteiger partial charge in [-0.15, -0.1) is 0 Å². The lowest BCUT2D eigenvalue weighted by atomic mass is 10.1. The Kier molecular flexibility index (Phi) is 42.1. The first-order valence-corrected chi connectivity index (χ1v) is 23.0. The van der Waals surface area contributed by atoms with Gasteiger partial charge >= 0.3 is 17.9 Å². The van der Waals surface area contributed by atoms with Gasteiger partial charge in [0.05, 0.1) is 0 Å². The van der Waals surface area contributed by atoms with E-state index in [4.69, 9.17) is 14.2 Å². The maximum atomic E-state index is 12.7. The van der Waals surface area contributed by atoms with E-state index >= 15 is 0 Å². The van der Waals surface area contributed by atoms with Crippen molar-refractivity contribution in [1.29, 1.82) is 0 Å². The van der Waals surface area contributed by atoms with Crippen molar-refractivity contribution in [1.82, 2.24) is 0 Å². The third kappa shape index (κ3) is 42.0. The number of carbonyl (C=O) groups is 3. The maximum Gasteiger partial charge on any atom is 0.306 e.